The maximum Gasteiger partial charge on any atom is 0.345 e. The monoisotopic (exact) mass is 249 g/mol. The van der Waals surface area contributed by atoms with Crippen LogP contribution < -0.4 is 0 Å². The second-order valence-corrected chi connectivity index (χ2v) is 4.30. The van der Waals surface area contributed by atoms with E-state index in [-0.39, 0.29) is 19.0 Å². The number of hydrogen-bond donors (Lipinski definition) is 0. The number of hydrogen-bond acceptors (Lipinski definition) is 4. The van der Waals surface area contributed by atoms with Crippen molar-refractivity contribution < 1.29 is 27.8 Å². The highest BCUT2D eigenvalue weighted by atomic mass is 19.3. The Morgan fingerprint density at radius 3 is 2.35 bits per heavy atom. The lowest BCUT2D eigenvalue weighted by atomic mass is 10.0. The number of esters is 1. The number of carbonyl (C=O) groups is 2. The van der Waals surface area contributed by atoms with Gasteiger partial charge in [0.15, 0.2) is 0 Å². The second kappa shape index (κ2) is 4.21. The topological polar surface area (TPSA) is 55.8 Å². The van der Waals surface area contributed by atoms with Crippen molar-refractivity contribution in [3.05, 3.63) is 0 Å². The molecule has 1 heterocycles. The summed E-state index contributed by atoms with van der Waals surface area (Å²) in [5, 5.41) is 0. The van der Waals surface area contributed by atoms with Gasteiger partial charge in [0.2, 0.25) is 5.91 Å². The Hall–Kier alpha value is -1.24. The normalized spacial score (nSPS) is 22.2. The van der Waals surface area contributed by atoms with Gasteiger partial charge in [-0.2, -0.15) is 8.78 Å². The Kier molecular flexibility index (Phi) is 3.03. The lowest BCUT2D eigenvalue weighted by Gasteiger charge is -2.40. The van der Waals surface area contributed by atoms with Gasteiger partial charge in [-0.25, -0.2) is 0 Å². The molecular weight excluding hydrogens is 236 g/mol. The van der Waals surface area contributed by atoms with Crippen molar-refractivity contribution in [2.45, 2.75) is 25.6 Å². The van der Waals surface area contributed by atoms with Crippen molar-refractivity contribution in [2.75, 3.05) is 20.2 Å². The first-order chi connectivity index (χ1) is 7.99. The van der Waals surface area contributed by atoms with Crippen molar-refractivity contribution in [2.24, 2.45) is 5.41 Å². The van der Waals surface area contributed by atoms with Crippen molar-refractivity contribution in [3.8, 4) is 0 Å². The van der Waals surface area contributed by atoms with E-state index in [1.54, 1.807) is 0 Å². The van der Waals surface area contributed by atoms with Gasteiger partial charge in [-0.05, 0) is 12.8 Å². The largest absolute Gasteiger partial charge is 0.468 e. The molecule has 0 atom stereocenters. The minimum atomic E-state index is -2.83. The third-order valence-electron chi connectivity index (χ3n) is 3.17. The van der Waals surface area contributed by atoms with E-state index >= 15 is 0 Å². The predicted octanol–water partition coefficient (Wildman–Crippen LogP) is 0.390. The van der Waals surface area contributed by atoms with E-state index in [4.69, 9.17) is 0 Å². The summed E-state index contributed by atoms with van der Waals surface area (Å²) in [6.45, 7) is -2.60. The number of likely N-dealkylation sites (tertiary alicyclic amines) is 1. The van der Waals surface area contributed by atoms with Gasteiger partial charge in [0, 0.05) is 13.1 Å². The van der Waals surface area contributed by atoms with Crippen LogP contribution in [0.4, 0.5) is 8.78 Å². The van der Waals surface area contributed by atoms with E-state index in [9.17, 15) is 18.4 Å². The van der Waals surface area contributed by atoms with Gasteiger partial charge in [0.25, 0.3) is 0 Å². The van der Waals surface area contributed by atoms with Gasteiger partial charge >= 0.3 is 12.6 Å². The number of ether oxygens (including phenoxy) is 2. The quantitative estimate of drug-likeness (QED) is 0.534. The molecule has 1 aliphatic heterocycles. The molecule has 17 heavy (non-hydrogen) atoms. The summed E-state index contributed by atoms with van der Waals surface area (Å²) < 4.78 is 32.5. The van der Waals surface area contributed by atoms with Crippen molar-refractivity contribution in [3.63, 3.8) is 0 Å². The number of halogens is 2. The fourth-order valence-electron chi connectivity index (χ4n) is 1.96. The molecule has 0 N–H and O–H groups in total. The molecule has 0 aromatic carbocycles. The standard InChI is InChI=1S/C10H13F2NO4/c1-16-8(15)10(2-3-10)7(14)13-4-6(5-13)17-9(11)12/h6,9H,2-5H2,1H3. The van der Waals surface area contributed by atoms with E-state index in [1.807, 2.05) is 0 Å². The summed E-state index contributed by atoms with van der Waals surface area (Å²) in [5.74, 6) is -0.876. The van der Waals surface area contributed by atoms with Crippen LogP contribution in [0.15, 0.2) is 0 Å². The molecule has 2 aliphatic rings. The maximum absolute atomic E-state index is 11.9. The minimum absolute atomic E-state index is 0.113. The zero-order valence-corrected chi connectivity index (χ0v) is 9.32. The molecule has 7 heteroatoms. The van der Waals surface area contributed by atoms with Crippen LogP contribution in [0.25, 0.3) is 0 Å². The molecule has 0 bridgehead atoms. The summed E-state index contributed by atoms with van der Waals surface area (Å²) in [7, 11) is 1.23. The lowest BCUT2D eigenvalue weighted by Crippen LogP contribution is -2.58. The Labute approximate surface area is 96.7 Å². The highest BCUT2D eigenvalue weighted by Gasteiger charge is 2.60. The number of rotatable bonds is 4. The highest BCUT2D eigenvalue weighted by molar-refractivity contribution is 6.05. The Bertz CT molecular complexity index is 337. The van der Waals surface area contributed by atoms with E-state index in [0.29, 0.717) is 12.8 Å². The average Bonchev–Trinajstić information content (AvgIpc) is 3.01. The Morgan fingerprint density at radius 1 is 1.35 bits per heavy atom. The molecule has 0 unspecified atom stereocenters. The van der Waals surface area contributed by atoms with E-state index < -0.39 is 24.1 Å². The first kappa shape index (κ1) is 12.2. The second-order valence-electron chi connectivity index (χ2n) is 4.30. The van der Waals surface area contributed by atoms with Crippen molar-refractivity contribution >= 4 is 11.9 Å². The lowest BCUT2D eigenvalue weighted by molar-refractivity contribution is -0.201. The van der Waals surface area contributed by atoms with E-state index in [0.717, 1.165) is 0 Å². The van der Waals surface area contributed by atoms with Gasteiger partial charge in [-0.3, -0.25) is 9.59 Å². The Balaban J connectivity index is 1.86. The summed E-state index contributed by atoms with van der Waals surface area (Å²) in [6, 6.07) is 0. The van der Waals surface area contributed by atoms with Crippen LogP contribution in [0.5, 0.6) is 0 Å². The summed E-state index contributed by atoms with van der Waals surface area (Å²) in [5.41, 5.74) is -1.05. The fourth-order valence-corrected chi connectivity index (χ4v) is 1.96. The number of methoxy groups -OCH3 is 1. The molecule has 0 aromatic heterocycles. The van der Waals surface area contributed by atoms with Crippen LogP contribution >= 0.6 is 0 Å². The first-order valence-corrected chi connectivity index (χ1v) is 5.31. The number of nitrogens with zero attached hydrogens (tertiary/aromatic N) is 1. The molecule has 5 nitrogen and oxygen atoms in total. The molecule has 1 amide bonds. The molecule has 0 spiro atoms. The molecule has 1 saturated heterocycles. The van der Waals surface area contributed by atoms with Crippen LogP contribution in [-0.2, 0) is 19.1 Å². The van der Waals surface area contributed by atoms with E-state index in [2.05, 4.69) is 9.47 Å². The van der Waals surface area contributed by atoms with Crippen molar-refractivity contribution in [1.82, 2.24) is 4.90 Å². The van der Waals surface area contributed by atoms with Crippen LogP contribution in [0, 0.1) is 5.41 Å². The molecular formula is C10H13F2NO4. The zero-order chi connectivity index (χ0) is 12.6. The van der Waals surface area contributed by atoms with Gasteiger partial charge in [-0.15, -0.1) is 0 Å². The molecule has 2 fully saturated rings. The molecule has 1 saturated carbocycles. The first-order valence-electron chi connectivity index (χ1n) is 5.31. The van der Waals surface area contributed by atoms with Crippen molar-refractivity contribution in [1.29, 1.82) is 0 Å². The molecule has 1 aliphatic carbocycles. The van der Waals surface area contributed by atoms with Crippen LogP contribution in [0.2, 0.25) is 0 Å². The third kappa shape index (κ3) is 2.11. The number of alkyl halides is 2. The maximum atomic E-state index is 11.9. The van der Waals surface area contributed by atoms with Crippen LogP contribution in [-0.4, -0.2) is 49.7 Å². The predicted molar refractivity (Wildman–Crippen MR) is 51.1 cm³/mol. The van der Waals surface area contributed by atoms with Gasteiger partial charge < -0.3 is 14.4 Å². The summed E-state index contributed by atoms with van der Waals surface area (Å²) >= 11 is 0. The molecule has 2 rings (SSSR count). The smallest absolute Gasteiger partial charge is 0.345 e. The Morgan fingerprint density at radius 2 is 1.94 bits per heavy atom. The van der Waals surface area contributed by atoms with Crippen LogP contribution in [0.3, 0.4) is 0 Å². The number of amides is 1. The van der Waals surface area contributed by atoms with Gasteiger partial charge in [-0.1, -0.05) is 0 Å². The average molecular weight is 249 g/mol. The minimum Gasteiger partial charge on any atom is -0.468 e. The zero-order valence-electron chi connectivity index (χ0n) is 9.32. The van der Waals surface area contributed by atoms with Gasteiger partial charge in [0.1, 0.15) is 5.41 Å². The molecule has 0 radical (unpaired) electrons. The SMILES string of the molecule is COC(=O)C1(C(=O)N2CC(OC(F)F)C2)CC1. The number of carbonyl (C=O) groups excluding carboxylic acids is 2. The fraction of sp³-hybridized carbons (Fsp3) is 0.800. The van der Waals surface area contributed by atoms with Crippen LogP contribution in [0.1, 0.15) is 12.8 Å². The summed E-state index contributed by atoms with van der Waals surface area (Å²) in [4.78, 5) is 24.7. The molecule has 0 aromatic rings. The van der Waals surface area contributed by atoms with Gasteiger partial charge in [0.05, 0.1) is 13.2 Å². The highest BCUT2D eigenvalue weighted by Crippen LogP contribution is 2.49. The van der Waals surface area contributed by atoms with E-state index in [1.165, 1.54) is 12.0 Å². The molecule has 96 valence electrons. The summed E-state index contributed by atoms with van der Waals surface area (Å²) in [6.07, 6.45) is 0.303. The third-order valence-corrected chi connectivity index (χ3v) is 3.17.